The Labute approximate surface area is 119 Å². The first-order valence-electron chi connectivity index (χ1n) is 7.96. The summed E-state index contributed by atoms with van der Waals surface area (Å²) in [6.45, 7) is 12.4. The number of hydrogen-bond acceptors (Lipinski definition) is 2. The first-order valence-corrected chi connectivity index (χ1v) is 7.96. The van der Waals surface area contributed by atoms with Gasteiger partial charge in [-0.1, -0.05) is 33.1 Å². The maximum absolute atomic E-state index is 12.3. The highest BCUT2D eigenvalue weighted by Gasteiger charge is 2.39. The zero-order chi connectivity index (χ0) is 14.7. The zero-order valence-electron chi connectivity index (χ0n) is 13.7. The van der Waals surface area contributed by atoms with Crippen LogP contribution in [0, 0.1) is 17.3 Å². The third-order valence-corrected chi connectivity index (χ3v) is 5.20. The monoisotopic (exact) mass is 268 g/mol. The van der Waals surface area contributed by atoms with E-state index in [0.29, 0.717) is 5.92 Å². The molecule has 112 valence electrons. The molecule has 0 spiro atoms. The highest BCUT2D eigenvalue weighted by atomic mass is 16.6. The Morgan fingerprint density at radius 1 is 1.05 bits per heavy atom. The Morgan fingerprint density at radius 2 is 1.58 bits per heavy atom. The number of ether oxygens (including phenoxy) is 1. The largest absolute Gasteiger partial charge is 0.459 e. The number of hydrogen-bond donors (Lipinski definition) is 0. The summed E-state index contributed by atoms with van der Waals surface area (Å²) in [4.78, 5) is 12.3. The lowest BCUT2D eigenvalue weighted by Gasteiger charge is -2.40. The maximum atomic E-state index is 12.3. The van der Waals surface area contributed by atoms with Crippen LogP contribution < -0.4 is 0 Å². The molecule has 0 atom stereocenters. The maximum Gasteiger partial charge on any atom is 0.312 e. The molecule has 0 N–H and O–H groups in total. The van der Waals surface area contributed by atoms with Crippen LogP contribution in [0.25, 0.3) is 0 Å². The van der Waals surface area contributed by atoms with Gasteiger partial charge in [-0.05, 0) is 58.8 Å². The fraction of sp³-hybridized carbons (Fsp3) is 0.941. The third-order valence-electron chi connectivity index (χ3n) is 5.20. The first kappa shape index (κ1) is 16.5. The second-order valence-corrected chi connectivity index (χ2v) is 7.36. The lowest BCUT2D eigenvalue weighted by Crippen LogP contribution is -2.42. The molecule has 1 aliphatic rings. The Balaban J connectivity index is 2.59. The van der Waals surface area contributed by atoms with Gasteiger partial charge in [-0.15, -0.1) is 0 Å². The Morgan fingerprint density at radius 3 is 2.00 bits per heavy atom. The standard InChI is InChI=1S/C17H32O2/c1-7-13-9-11-14(12-10-13)17(5,6)19-15(18)16(3,4)8-2/h13-14H,7-12H2,1-6H3. The smallest absolute Gasteiger partial charge is 0.312 e. The van der Waals surface area contributed by atoms with Crippen molar-refractivity contribution in [1.82, 2.24) is 0 Å². The van der Waals surface area contributed by atoms with Crippen LogP contribution >= 0.6 is 0 Å². The summed E-state index contributed by atoms with van der Waals surface area (Å²) in [7, 11) is 0. The molecule has 1 saturated carbocycles. The summed E-state index contributed by atoms with van der Waals surface area (Å²) in [5.41, 5.74) is -0.680. The highest BCUT2D eigenvalue weighted by Crippen LogP contribution is 2.39. The molecule has 19 heavy (non-hydrogen) atoms. The molecule has 0 unspecified atom stereocenters. The van der Waals surface area contributed by atoms with E-state index in [2.05, 4.69) is 20.8 Å². The Hall–Kier alpha value is -0.530. The van der Waals surface area contributed by atoms with Crippen LogP contribution in [0.5, 0.6) is 0 Å². The van der Waals surface area contributed by atoms with Crippen molar-refractivity contribution in [2.24, 2.45) is 17.3 Å². The van der Waals surface area contributed by atoms with Crippen LogP contribution in [-0.4, -0.2) is 11.6 Å². The quantitative estimate of drug-likeness (QED) is 0.659. The number of esters is 1. The minimum atomic E-state index is -0.363. The molecule has 0 saturated heterocycles. The molecule has 0 aliphatic heterocycles. The molecule has 0 aromatic rings. The normalized spacial score (nSPS) is 25.2. The van der Waals surface area contributed by atoms with Gasteiger partial charge in [0.1, 0.15) is 5.60 Å². The van der Waals surface area contributed by atoms with Crippen LogP contribution in [0.4, 0.5) is 0 Å². The van der Waals surface area contributed by atoms with Crippen molar-refractivity contribution in [3.8, 4) is 0 Å². The average molecular weight is 268 g/mol. The van der Waals surface area contributed by atoms with E-state index in [0.717, 1.165) is 12.3 Å². The van der Waals surface area contributed by atoms with Crippen molar-refractivity contribution in [2.75, 3.05) is 0 Å². The molecule has 2 heteroatoms. The van der Waals surface area contributed by atoms with Crippen LogP contribution in [0.15, 0.2) is 0 Å². The summed E-state index contributed by atoms with van der Waals surface area (Å²) < 4.78 is 5.86. The van der Waals surface area contributed by atoms with Gasteiger partial charge in [-0.25, -0.2) is 0 Å². The Kier molecular flexibility index (Phi) is 5.46. The van der Waals surface area contributed by atoms with Gasteiger partial charge in [0.15, 0.2) is 0 Å². The van der Waals surface area contributed by atoms with Crippen LogP contribution in [0.1, 0.15) is 80.1 Å². The predicted molar refractivity (Wildman–Crippen MR) is 80.0 cm³/mol. The third kappa shape index (κ3) is 4.22. The number of carbonyl (C=O) groups is 1. The van der Waals surface area contributed by atoms with E-state index < -0.39 is 0 Å². The fourth-order valence-corrected chi connectivity index (χ4v) is 2.87. The molecule has 0 radical (unpaired) electrons. The molecule has 0 bridgehead atoms. The van der Waals surface area contributed by atoms with Gasteiger partial charge in [0, 0.05) is 0 Å². The summed E-state index contributed by atoms with van der Waals surface area (Å²) in [6.07, 6.45) is 7.09. The van der Waals surface area contributed by atoms with Crippen LogP contribution in [-0.2, 0) is 9.53 Å². The van der Waals surface area contributed by atoms with Crippen molar-refractivity contribution < 1.29 is 9.53 Å². The van der Waals surface area contributed by atoms with Crippen molar-refractivity contribution in [3.63, 3.8) is 0 Å². The van der Waals surface area contributed by atoms with Crippen LogP contribution in [0.2, 0.25) is 0 Å². The zero-order valence-corrected chi connectivity index (χ0v) is 13.7. The molecule has 1 rings (SSSR count). The average Bonchev–Trinajstić information content (AvgIpc) is 2.38. The van der Waals surface area contributed by atoms with Gasteiger partial charge in [-0.2, -0.15) is 0 Å². The molecule has 2 nitrogen and oxygen atoms in total. The summed E-state index contributed by atoms with van der Waals surface area (Å²) in [6, 6.07) is 0. The molecule has 0 aromatic heterocycles. The van der Waals surface area contributed by atoms with E-state index in [1.165, 1.54) is 32.1 Å². The molecular weight excluding hydrogens is 236 g/mol. The van der Waals surface area contributed by atoms with Gasteiger partial charge in [-0.3, -0.25) is 4.79 Å². The van der Waals surface area contributed by atoms with E-state index >= 15 is 0 Å². The van der Waals surface area contributed by atoms with Crippen molar-refractivity contribution in [2.45, 2.75) is 85.7 Å². The Bertz CT molecular complexity index is 296. The van der Waals surface area contributed by atoms with Crippen LogP contribution in [0.3, 0.4) is 0 Å². The number of carbonyl (C=O) groups excluding carboxylic acids is 1. The molecule has 0 amide bonds. The summed E-state index contributed by atoms with van der Waals surface area (Å²) in [5, 5.41) is 0. The predicted octanol–water partition coefficient (Wildman–Crippen LogP) is 4.96. The molecule has 1 fully saturated rings. The van der Waals surface area contributed by atoms with E-state index in [9.17, 15) is 4.79 Å². The molecule has 1 aliphatic carbocycles. The van der Waals surface area contributed by atoms with Crippen molar-refractivity contribution in [1.29, 1.82) is 0 Å². The minimum Gasteiger partial charge on any atom is -0.459 e. The van der Waals surface area contributed by atoms with Gasteiger partial charge in [0.05, 0.1) is 5.41 Å². The summed E-state index contributed by atoms with van der Waals surface area (Å²) >= 11 is 0. The van der Waals surface area contributed by atoms with Gasteiger partial charge >= 0.3 is 5.97 Å². The van der Waals surface area contributed by atoms with Gasteiger partial charge in [0.2, 0.25) is 0 Å². The van der Waals surface area contributed by atoms with Crippen molar-refractivity contribution >= 4 is 5.97 Å². The molecule has 0 aromatic carbocycles. The lowest BCUT2D eigenvalue weighted by atomic mass is 9.74. The minimum absolute atomic E-state index is 0.0439. The van der Waals surface area contributed by atoms with E-state index in [1.54, 1.807) is 0 Å². The van der Waals surface area contributed by atoms with E-state index in [-0.39, 0.29) is 17.0 Å². The molecular formula is C17H32O2. The van der Waals surface area contributed by atoms with Crippen molar-refractivity contribution in [3.05, 3.63) is 0 Å². The van der Waals surface area contributed by atoms with E-state index in [4.69, 9.17) is 4.74 Å². The second kappa shape index (κ2) is 6.28. The topological polar surface area (TPSA) is 26.3 Å². The lowest BCUT2D eigenvalue weighted by molar-refractivity contribution is -0.174. The highest BCUT2D eigenvalue weighted by molar-refractivity contribution is 5.76. The van der Waals surface area contributed by atoms with E-state index in [1.807, 2.05) is 20.8 Å². The summed E-state index contributed by atoms with van der Waals surface area (Å²) in [5.74, 6) is 1.36. The SMILES string of the molecule is CCC1CCC(C(C)(C)OC(=O)C(C)(C)CC)CC1. The van der Waals surface area contributed by atoms with Gasteiger partial charge in [0.25, 0.3) is 0 Å². The molecule has 0 heterocycles. The second-order valence-electron chi connectivity index (χ2n) is 7.36. The van der Waals surface area contributed by atoms with Gasteiger partial charge < -0.3 is 4.74 Å². The number of rotatable bonds is 5. The first-order chi connectivity index (χ1) is 8.73. The fourth-order valence-electron chi connectivity index (χ4n) is 2.87.